The van der Waals surface area contributed by atoms with E-state index in [9.17, 15) is 0 Å². The summed E-state index contributed by atoms with van der Waals surface area (Å²) in [5, 5.41) is 0. The predicted molar refractivity (Wildman–Crippen MR) is 102 cm³/mol. The molecule has 26 heavy (non-hydrogen) atoms. The van der Waals surface area contributed by atoms with Crippen molar-refractivity contribution in [2.45, 2.75) is 46.6 Å². The maximum absolute atomic E-state index is 5.62. The van der Waals surface area contributed by atoms with E-state index < -0.39 is 0 Å². The zero-order valence-corrected chi connectivity index (χ0v) is 15.8. The van der Waals surface area contributed by atoms with E-state index in [1.165, 1.54) is 24.0 Å². The first kappa shape index (κ1) is 17.2. The Morgan fingerprint density at radius 3 is 2.69 bits per heavy atom. The van der Waals surface area contributed by atoms with Gasteiger partial charge in [0.2, 0.25) is 0 Å². The van der Waals surface area contributed by atoms with Crippen LogP contribution in [-0.4, -0.2) is 32.9 Å². The molecule has 3 aromatic rings. The number of oxazole rings is 1. The molecule has 1 fully saturated rings. The monoisotopic (exact) mass is 350 g/mol. The molecule has 3 aromatic heterocycles. The lowest BCUT2D eigenvalue weighted by Gasteiger charge is -2.32. The van der Waals surface area contributed by atoms with Crippen molar-refractivity contribution in [2.24, 2.45) is 5.92 Å². The van der Waals surface area contributed by atoms with Crippen LogP contribution in [0.5, 0.6) is 0 Å². The molecular formula is C21H26N4O. The summed E-state index contributed by atoms with van der Waals surface area (Å²) in [4.78, 5) is 15.7. The van der Waals surface area contributed by atoms with E-state index in [1.54, 1.807) is 0 Å². The number of aryl methyl sites for hydroxylation is 3. The van der Waals surface area contributed by atoms with Crippen LogP contribution in [0.4, 0.5) is 0 Å². The fourth-order valence-electron chi connectivity index (χ4n) is 4.15. The molecule has 0 radical (unpaired) electrons. The second kappa shape index (κ2) is 7.16. The first-order valence-corrected chi connectivity index (χ1v) is 9.44. The summed E-state index contributed by atoms with van der Waals surface area (Å²) in [5.41, 5.74) is 6.35. The van der Waals surface area contributed by atoms with Gasteiger partial charge in [-0.3, -0.25) is 9.88 Å². The predicted octanol–water partition coefficient (Wildman–Crippen LogP) is 4.00. The van der Waals surface area contributed by atoms with Crippen LogP contribution in [0.1, 0.15) is 41.2 Å². The molecule has 1 saturated heterocycles. The Bertz CT molecular complexity index is 897. The average Bonchev–Trinajstić information content (AvgIpc) is 2.93. The molecule has 0 aromatic carbocycles. The number of piperidine rings is 1. The van der Waals surface area contributed by atoms with Gasteiger partial charge in [-0.1, -0.05) is 0 Å². The van der Waals surface area contributed by atoms with Gasteiger partial charge in [-0.25, -0.2) is 4.98 Å². The first-order valence-electron chi connectivity index (χ1n) is 9.44. The SMILES string of the molecule is Cc1cc(CC2CCCN(Cc3cnc4nc(C)oc4c3)C2)cc(C)n1. The minimum Gasteiger partial charge on any atom is -0.439 e. The average molecular weight is 350 g/mol. The summed E-state index contributed by atoms with van der Waals surface area (Å²) >= 11 is 0. The maximum Gasteiger partial charge on any atom is 0.198 e. The Balaban J connectivity index is 1.42. The van der Waals surface area contributed by atoms with Crippen LogP contribution in [0.2, 0.25) is 0 Å². The van der Waals surface area contributed by atoms with Gasteiger partial charge in [0, 0.05) is 37.6 Å². The normalized spacial score (nSPS) is 18.5. The molecule has 5 heteroatoms. The number of likely N-dealkylation sites (tertiary alicyclic amines) is 1. The highest BCUT2D eigenvalue weighted by atomic mass is 16.3. The van der Waals surface area contributed by atoms with E-state index in [2.05, 4.69) is 51.9 Å². The Kier molecular flexibility index (Phi) is 4.72. The quantitative estimate of drug-likeness (QED) is 0.712. The third-order valence-electron chi connectivity index (χ3n) is 5.09. The molecule has 0 N–H and O–H groups in total. The summed E-state index contributed by atoms with van der Waals surface area (Å²) in [6, 6.07) is 6.55. The van der Waals surface area contributed by atoms with E-state index in [0.717, 1.165) is 43.0 Å². The van der Waals surface area contributed by atoms with Crippen molar-refractivity contribution >= 4 is 11.2 Å². The van der Waals surface area contributed by atoms with Crippen molar-refractivity contribution in [2.75, 3.05) is 13.1 Å². The van der Waals surface area contributed by atoms with Gasteiger partial charge in [0.05, 0.1) is 0 Å². The van der Waals surface area contributed by atoms with Crippen LogP contribution >= 0.6 is 0 Å². The molecule has 1 aliphatic rings. The molecule has 4 heterocycles. The molecule has 0 bridgehead atoms. The van der Waals surface area contributed by atoms with Crippen molar-refractivity contribution in [3.05, 3.63) is 52.8 Å². The Morgan fingerprint density at radius 2 is 1.88 bits per heavy atom. The molecule has 1 atom stereocenters. The Labute approximate surface area is 154 Å². The van der Waals surface area contributed by atoms with Crippen LogP contribution in [0.15, 0.2) is 28.8 Å². The Morgan fingerprint density at radius 1 is 1.08 bits per heavy atom. The summed E-state index contributed by atoms with van der Waals surface area (Å²) in [6.45, 7) is 9.23. The van der Waals surface area contributed by atoms with E-state index in [4.69, 9.17) is 4.42 Å². The van der Waals surface area contributed by atoms with Crippen LogP contribution in [0, 0.1) is 26.7 Å². The lowest BCUT2D eigenvalue weighted by molar-refractivity contribution is 0.167. The van der Waals surface area contributed by atoms with Gasteiger partial charge in [-0.2, -0.15) is 4.98 Å². The van der Waals surface area contributed by atoms with Gasteiger partial charge < -0.3 is 4.42 Å². The zero-order chi connectivity index (χ0) is 18.1. The molecule has 0 aliphatic carbocycles. The number of nitrogens with zero attached hydrogens (tertiary/aromatic N) is 4. The number of aromatic nitrogens is 3. The van der Waals surface area contributed by atoms with Crippen LogP contribution in [0.3, 0.4) is 0 Å². The molecule has 0 saturated carbocycles. The van der Waals surface area contributed by atoms with Gasteiger partial charge in [0.25, 0.3) is 0 Å². The number of hydrogen-bond acceptors (Lipinski definition) is 5. The second-order valence-electron chi connectivity index (χ2n) is 7.60. The first-order chi connectivity index (χ1) is 12.5. The summed E-state index contributed by atoms with van der Waals surface area (Å²) in [7, 11) is 0. The second-order valence-corrected chi connectivity index (χ2v) is 7.60. The zero-order valence-electron chi connectivity index (χ0n) is 15.8. The summed E-state index contributed by atoms with van der Waals surface area (Å²) in [6.07, 6.45) is 5.63. The van der Waals surface area contributed by atoms with Gasteiger partial charge >= 0.3 is 0 Å². The minimum absolute atomic E-state index is 0.672. The van der Waals surface area contributed by atoms with E-state index in [0.29, 0.717) is 17.5 Å². The highest BCUT2D eigenvalue weighted by Gasteiger charge is 2.21. The van der Waals surface area contributed by atoms with Crippen molar-refractivity contribution < 1.29 is 4.42 Å². The van der Waals surface area contributed by atoms with Crippen LogP contribution < -0.4 is 0 Å². The molecule has 1 unspecified atom stereocenters. The smallest absolute Gasteiger partial charge is 0.198 e. The molecule has 4 rings (SSSR count). The van der Waals surface area contributed by atoms with Gasteiger partial charge in [0.15, 0.2) is 17.1 Å². The largest absolute Gasteiger partial charge is 0.439 e. The molecular weight excluding hydrogens is 324 g/mol. The Hall–Kier alpha value is -2.27. The van der Waals surface area contributed by atoms with Crippen molar-refractivity contribution in [1.29, 1.82) is 0 Å². The molecule has 0 spiro atoms. The fourth-order valence-corrected chi connectivity index (χ4v) is 4.15. The number of hydrogen-bond donors (Lipinski definition) is 0. The maximum atomic E-state index is 5.62. The van der Waals surface area contributed by atoms with E-state index in [-0.39, 0.29) is 0 Å². The number of pyridine rings is 2. The highest BCUT2D eigenvalue weighted by Crippen LogP contribution is 2.23. The molecule has 5 nitrogen and oxygen atoms in total. The molecule has 0 amide bonds. The van der Waals surface area contributed by atoms with E-state index >= 15 is 0 Å². The lowest BCUT2D eigenvalue weighted by Crippen LogP contribution is -2.35. The van der Waals surface area contributed by atoms with Crippen molar-refractivity contribution in [1.82, 2.24) is 19.9 Å². The number of fused-ring (bicyclic) bond motifs is 1. The van der Waals surface area contributed by atoms with Crippen LogP contribution in [-0.2, 0) is 13.0 Å². The van der Waals surface area contributed by atoms with Crippen molar-refractivity contribution in [3.63, 3.8) is 0 Å². The standard InChI is InChI=1S/C21H26N4O/c1-14-7-18(8-15(2)23-14)9-17-5-4-6-25(12-17)13-19-10-20-21(22-11-19)24-16(3)26-20/h7-8,10-11,17H,4-6,9,12-13H2,1-3H3. The molecule has 1 aliphatic heterocycles. The van der Waals surface area contributed by atoms with Gasteiger partial charge in [-0.05, 0) is 74.9 Å². The third kappa shape index (κ3) is 3.93. The minimum atomic E-state index is 0.672. The van der Waals surface area contributed by atoms with E-state index in [1.807, 2.05) is 13.1 Å². The summed E-state index contributed by atoms with van der Waals surface area (Å²) < 4.78 is 5.62. The van der Waals surface area contributed by atoms with Crippen LogP contribution in [0.25, 0.3) is 11.2 Å². The number of rotatable bonds is 4. The topological polar surface area (TPSA) is 55.1 Å². The summed E-state index contributed by atoms with van der Waals surface area (Å²) in [5.74, 6) is 1.37. The third-order valence-corrected chi connectivity index (χ3v) is 5.09. The fraction of sp³-hybridized carbons (Fsp3) is 0.476. The molecule has 136 valence electrons. The van der Waals surface area contributed by atoms with Gasteiger partial charge in [0.1, 0.15) is 0 Å². The highest BCUT2D eigenvalue weighted by molar-refractivity contribution is 5.68. The van der Waals surface area contributed by atoms with Crippen molar-refractivity contribution in [3.8, 4) is 0 Å². The lowest BCUT2D eigenvalue weighted by atomic mass is 9.91. The van der Waals surface area contributed by atoms with Gasteiger partial charge in [-0.15, -0.1) is 0 Å².